The highest BCUT2D eigenvalue weighted by molar-refractivity contribution is 9.11. The number of hydrogen-bond acceptors (Lipinski definition) is 8. The second kappa shape index (κ2) is 10.1. The summed E-state index contributed by atoms with van der Waals surface area (Å²) in [5, 5.41) is 0. The monoisotopic (exact) mass is 619 g/mol. The van der Waals surface area contributed by atoms with E-state index in [1.807, 2.05) is 6.07 Å². The lowest BCUT2D eigenvalue weighted by atomic mass is 10.1. The fourth-order valence-corrected chi connectivity index (χ4v) is 6.44. The van der Waals surface area contributed by atoms with Gasteiger partial charge in [-0.15, -0.1) is 0 Å². The first-order valence-corrected chi connectivity index (χ1v) is 13.8. The molecule has 35 heavy (non-hydrogen) atoms. The number of hydrogen-bond donors (Lipinski definition) is 1. The molecule has 0 atom stereocenters. The molecule has 0 saturated carbocycles. The number of anilines is 1. The Morgan fingerprint density at radius 1 is 1.03 bits per heavy atom. The smallest absolute Gasteiger partial charge is 0.263 e. The summed E-state index contributed by atoms with van der Waals surface area (Å²) in [7, 11) is -3.85. The zero-order valence-electron chi connectivity index (χ0n) is 18.2. The van der Waals surface area contributed by atoms with Crippen molar-refractivity contribution < 1.29 is 17.9 Å². The van der Waals surface area contributed by atoms with Gasteiger partial charge in [0.15, 0.2) is 5.52 Å². The molecule has 0 bridgehead atoms. The van der Waals surface area contributed by atoms with E-state index in [0.29, 0.717) is 51.5 Å². The lowest BCUT2D eigenvalue weighted by Gasteiger charge is -2.22. The van der Waals surface area contributed by atoms with E-state index < -0.39 is 10.0 Å². The summed E-state index contributed by atoms with van der Waals surface area (Å²) in [6.07, 6.45) is 6.08. The predicted octanol–water partition coefficient (Wildman–Crippen LogP) is 4.97. The van der Waals surface area contributed by atoms with Crippen molar-refractivity contribution >= 4 is 58.6 Å². The van der Waals surface area contributed by atoms with E-state index in [0.717, 1.165) is 17.3 Å². The van der Waals surface area contributed by atoms with Crippen molar-refractivity contribution in [2.75, 3.05) is 17.9 Å². The highest BCUT2D eigenvalue weighted by Gasteiger charge is 2.20. The molecule has 0 unspecified atom stereocenters. The number of nitrogens with zero attached hydrogens (tertiary/aromatic N) is 4. The summed E-state index contributed by atoms with van der Waals surface area (Å²) in [6.45, 7) is 1.30. The minimum Gasteiger partial charge on any atom is -0.473 e. The molecule has 0 radical (unpaired) electrons. The zero-order valence-corrected chi connectivity index (χ0v) is 22.2. The number of aromatic nitrogens is 4. The molecule has 180 valence electrons. The van der Waals surface area contributed by atoms with Crippen LogP contribution < -0.4 is 9.46 Å². The number of nitrogens with one attached hydrogen (secondary N) is 1. The minimum atomic E-state index is -3.85. The van der Waals surface area contributed by atoms with Crippen LogP contribution in [0.1, 0.15) is 12.8 Å². The van der Waals surface area contributed by atoms with Crippen molar-refractivity contribution in [1.29, 1.82) is 0 Å². The van der Waals surface area contributed by atoms with Crippen LogP contribution in [0.3, 0.4) is 0 Å². The molecule has 0 amide bonds. The van der Waals surface area contributed by atoms with Gasteiger partial charge in [-0.25, -0.2) is 18.4 Å². The summed E-state index contributed by atoms with van der Waals surface area (Å²) in [6, 6.07) is 10.1. The summed E-state index contributed by atoms with van der Waals surface area (Å²) in [5.41, 5.74) is 2.70. The zero-order chi connectivity index (χ0) is 24.4. The van der Waals surface area contributed by atoms with Gasteiger partial charge in [-0.1, -0.05) is 15.9 Å². The number of fused-ring (bicyclic) bond motifs is 1. The van der Waals surface area contributed by atoms with Gasteiger partial charge in [0.05, 0.1) is 36.3 Å². The highest BCUT2D eigenvalue weighted by atomic mass is 79.9. The van der Waals surface area contributed by atoms with Crippen LogP contribution in [0.25, 0.3) is 22.3 Å². The second-order valence-corrected chi connectivity index (χ2v) is 11.2. The first-order valence-electron chi connectivity index (χ1n) is 10.7. The predicted molar refractivity (Wildman–Crippen MR) is 138 cm³/mol. The number of rotatable bonds is 6. The standard InChI is InChI=1S/C23H19Br2N5O4S/c24-15-1-4-21(18(25)10-15)35(31,32)30-16-9-14(11-26-12-16)19-2-3-20-22(29-19)23(28-13-27-20)34-17-5-7-33-8-6-17/h1-4,9-13,17,30H,5-8H2. The van der Waals surface area contributed by atoms with Gasteiger partial charge < -0.3 is 9.47 Å². The van der Waals surface area contributed by atoms with E-state index in [1.54, 1.807) is 30.5 Å². The Kier molecular flexibility index (Phi) is 6.96. The van der Waals surface area contributed by atoms with E-state index in [9.17, 15) is 8.42 Å². The Balaban J connectivity index is 1.45. The second-order valence-electron chi connectivity index (χ2n) is 7.82. The van der Waals surface area contributed by atoms with Crippen LogP contribution in [0.15, 0.2) is 69.0 Å². The van der Waals surface area contributed by atoms with E-state index in [4.69, 9.17) is 14.5 Å². The quantitative estimate of drug-likeness (QED) is 0.321. The van der Waals surface area contributed by atoms with E-state index in [2.05, 4.69) is 51.5 Å². The molecule has 4 heterocycles. The Hall–Kier alpha value is -2.67. The Labute approximate surface area is 218 Å². The van der Waals surface area contributed by atoms with Gasteiger partial charge in [0, 0.05) is 33.5 Å². The molecule has 1 N–H and O–H groups in total. The largest absolute Gasteiger partial charge is 0.473 e. The molecule has 1 aliphatic rings. The molecular formula is C23H19Br2N5O4S. The van der Waals surface area contributed by atoms with Crippen molar-refractivity contribution in [3.8, 4) is 17.1 Å². The fraction of sp³-hybridized carbons (Fsp3) is 0.217. The van der Waals surface area contributed by atoms with Crippen LogP contribution in [-0.4, -0.2) is 47.7 Å². The third kappa shape index (κ3) is 5.45. The van der Waals surface area contributed by atoms with Gasteiger partial charge in [-0.3, -0.25) is 9.71 Å². The molecule has 9 nitrogen and oxygen atoms in total. The van der Waals surface area contributed by atoms with Crippen molar-refractivity contribution in [1.82, 2.24) is 19.9 Å². The van der Waals surface area contributed by atoms with E-state index in [1.165, 1.54) is 18.6 Å². The lowest BCUT2D eigenvalue weighted by Crippen LogP contribution is -2.26. The Bertz CT molecular complexity index is 1500. The average molecular weight is 621 g/mol. The summed E-state index contributed by atoms with van der Waals surface area (Å²) < 4.78 is 41.2. The van der Waals surface area contributed by atoms with Crippen LogP contribution >= 0.6 is 31.9 Å². The molecule has 4 aromatic rings. The number of ether oxygens (including phenoxy) is 2. The summed E-state index contributed by atoms with van der Waals surface area (Å²) >= 11 is 6.64. The molecule has 1 saturated heterocycles. The van der Waals surface area contributed by atoms with Crippen LogP contribution in [0.5, 0.6) is 5.88 Å². The van der Waals surface area contributed by atoms with Crippen LogP contribution in [0.2, 0.25) is 0 Å². The highest BCUT2D eigenvalue weighted by Crippen LogP contribution is 2.30. The molecule has 3 aromatic heterocycles. The molecule has 0 spiro atoms. The topological polar surface area (TPSA) is 116 Å². The molecule has 1 aromatic carbocycles. The first kappa shape index (κ1) is 24.0. The van der Waals surface area contributed by atoms with Gasteiger partial charge in [-0.05, 0) is 52.3 Å². The minimum absolute atomic E-state index is 0.00430. The van der Waals surface area contributed by atoms with Gasteiger partial charge in [0.2, 0.25) is 5.88 Å². The number of benzene rings is 1. The number of sulfonamides is 1. The summed E-state index contributed by atoms with van der Waals surface area (Å²) in [4.78, 5) is 17.6. The van der Waals surface area contributed by atoms with Crippen LogP contribution in [0.4, 0.5) is 5.69 Å². The average Bonchev–Trinajstić information content (AvgIpc) is 2.84. The van der Waals surface area contributed by atoms with E-state index in [-0.39, 0.29) is 11.0 Å². The number of pyridine rings is 2. The maximum Gasteiger partial charge on any atom is 0.263 e. The van der Waals surface area contributed by atoms with Crippen molar-refractivity contribution in [3.05, 3.63) is 64.1 Å². The Morgan fingerprint density at radius 2 is 1.86 bits per heavy atom. The molecule has 1 aliphatic heterocycles. The third-order valence-electron chi connectivity index (χ3n) is 5.36. The maximum absolute atomic E-state index is 12.9. The first-order chi connectivity index (χ1) is 16.9. The van der Waals surface area contributed by atoms with Crippen LogP contribution in [-0.2, 0) is 14.8 Å². The molecule has 1 fully saturated rings. The fourth-order valence-electron chi connectivity index (χ4n) is 3.66. The van der Waals surface area contributed by atoms with Crippen LogP contribution in [0, 0.1) is 0 Å². The normalized spacial score (nSPS) is 14.7. The molecular weight excluding hydrogens is 602 g/mol. The summed E-state index contributed by atoms with van der Waals surface area (Å²) in [5.74, 6) is 0.411. The van der Waals surface area contributed by atoms with Gasteiger partial charge in [-0.2, -0.15) is 4.98 Å². The van der Waals surface area contributed by atoms with Crippen molar-refractivity contribution in [2.24, 2.45) is 0 Å². The number of halogens is 2. The van der Waals surface area contributed by atoms with Crippen molar-refractivity contribution in [2.45, 2.75) is 23.8 Å². The molecule has 0 aliphatic carbocycles. The lowest BCUT2D eigenvalue weighted by molar-refractivity contribution is 0.0243. The van der Waals surface area contributed by atoms with Gasteiger partial charge in [0.1, 0.15) is 17.3 Å². The van der Waals surface area contributed by atoms with Gasteiger partial charge >= 0.3 is 0 Å². The van der Waals surface area contributed by atoms with Crippen molar-refractivity contribution in [3.63, 3.8) is 0 Å². The maximum atomic E-state index is 12.9. The SMILES string of the molecule is O=S(=O)(Nc1cncc(-c2ccc3ncnc(OC4CCOCC4)c3n2)c1)c1ccc(Br)cc1Br. The third-order valence-corrected chi connectivity index (χ3v) is 8.22. The molecule has 12 heteroatoms. The van der Waals surface area contributed by atoms with E-state index >= 15 is 0 Å². The van der Waals surface area contributed by atoms with Gasteiger partial charge in [0.25, 0.3) is 10.0 Å². The Morgan fingerprint density at radius 3 is 2.66 bits per heavy atom. The molecule has 5 rings (SSSR count).